The largest absolute Gasteiger partial charge is 0.378 e. The minimum atomic E-state index is -4.23. The Morgan fingerprint density at radius 2 is 1.85 bits per heavy atom. The minimum absolute atomic E-state index is 0.222. The molecular formula is C11H12F2N2O4S. The zero-order valence-electron chi connectivity index (χ0n) is 10.3. The lowest BCUT2D eigenvalue weighted by Gasteiger charge is -2.27. The molecule has 1 aliphatic heterocycles. The number of ether oxygens (including phenoxy) is 1. The summed E-state index contributed by atoms with van der Waals surface area (Å²) < 4.78 is 54.5. The van der Waals surface area contributed by atoms with Crippen LogP contribution in [0.4, 0.5) is 8.78 Å². The van der Waals surface area contributed by atoms with E-state index in [1.54, 1.807) is 0 Å². The van der Waals surface area contributed by atoms with E-state index in [0.717, 1.165) is 6.07 Å². The predicted octanol–water partition coefficient (Wildman–Crippen LogP) is 0.0846. The number of nitrogens with two attached hydrogens (primary N) is 1. The van der Waals surface area contributed by atoms with Gasteiger partial charge < -0.3 is 9.64 Å². The first-order valence-corrected chi connectivity index (χ1v) is 7.24. The SMILES string of the molecule is NS(=O)(=O)c1cc(F)c(F)c(C(=O)N2CCOCC2)c1. The quantitative estimate of drug-likeness (QED) is 0.838. The van der Waals surface area contributed by atoms with E-state index in [1.165, 1.54) is 4.90 Å². The number of primary sulfonamides is 1. The molecule has 110 valence electrons. The van der Waals surface area contributed by atoms with Crippen molar-refractivity contribution in [3.8, 4) is 0 Å². The van der Waals surface area contributed by atoms with Crippen molar-refractivity contribution >= 4 is 15.9 Å². The average Bonchev–Trinajstić information content (AvgIpc) is 2.40. The Balaban J connectivity index is 2.44. The summed E-state index contributed by atoms with van der Waals surface area (Å²) in [6.07, 6.45) is 0. The normalized spacial score (nSPS) is 16.2. The zero-order chi connectivity index (χ0) is 14.9. The van der Waals surface area contributed by atoms with Crippen molar-refractivity contribution in [3.05, 3.63) is 29.3 Å². The van der Waals surface area contributed by atoms with Crippen molar-refractivity contribution in [2.24, 2.45) is 5.14 Å². The van der Waals surface area contributed by atoms with Crippen LogP contribution in [-0.2, 0) is 14.8 Å². The van der Waals surface area contributed by atoms with Crippen LogP contribution in [0.15, 0.2) is 17.0 Å². The lowest BCUT2D eigenvalue weighted by Crippen LogP contribution is -2.41. The van der Waals surface area contributed by atoms with Crippen LogP contribution in [0.5, 0.6) is 0 Å². The molecule has 2 N–H and O–H groups in total. The lowest BCUT2D eigenvalue weighted by atomic mass is 10.1. The topological polar surface area (TPSA) is 89.7 Å². The van der Waals surface area contributed by atoms with Gasteiger partial charge in [-0.1, -0.05) is 0 Å². The maximum atomic E-state index is 13.7. The predicted molar refractivity (Wildman–Crippen MR) is 64.5 cm³/mol. The van der Waals surface area contributed by atoms with E-state index in [9.17, 15) is 22.0 Å². The molecule has 1 aliphatic rings. The first-order chi connectivity index (χ1) is 9.30. The molecule has 2 rings (SSSR count). The highest BCUT2D eigenvalue weighted by atomic mass is 32.2. The monoisotopic (exact) mass is 306 g/mol. The number of hydrogen-bond donors (Lipinski definition) is 1. The molecule has 1 amide bonds. The van der Waals surface area contributed by atoms with Gasteiger partial charge in [0.1, 0.15) is 0 Å². The van der Waals surface area contributed by atoms with Gasteiger partial charge in [0.05, 0.1) is 23.7 Å². The molecule has 0 atom stereocenters. The third-order valence-electron chi connectivity index (χ3n) is 2.86. The Hall–Kier alpha value is -1.58. The van der Waals surface area contributed by atoms with Gasteiger partial charge in [0.25, 0.3) is 5.91 Å². The zero-order valence-corrected chi connectivity index (χ0v) is 11.1. The van der Waals surface area contributed by atoms with Crippen molar-refractivity contribution in [2.45, 2.75) is 4.90 Å². The smallest absolute Gasteiger partial charge is 0.257 e. The Bertz CT molecular complexity index is 642. The standard InChI is InChI=1S/C11H12F2N2O4S/c12-9-6-7(20(14,17)18)5-8(10(9)13)11(16)15-1-3-19-4-2-15/h5-6H,1-4H2,(H2,14,17,18). The number of morpholine rings is 1. The van der Waals surface area contributed by atoms with Crippen LogP contribution in [0.1, 0.15) is 10.4 Å². The second kappa shape index (κ2) is 5.43. The summed E-state index contributed by atoms with van der Waals surface area (Å²) in [5.41, 5.74) is -0.657. The van der Waals surface area contributed by atoms with Crippen molar-refractivity contribution in [3.63, 3.8) is 0 Å². The summed E-state index contributed by atoms with van der Waals surface area (Å²) in [6.45, 7) is 1.01. The molecule has 1 saturated heterocycles. The number of amides is 1. The summed E-state index contributed by atoms with van der Waals surface area (Å²) >= 11 is 0. The summed E-state index contributed by atoms with van der Waals surface area (Å²) in [7, 11) is -4.23. The third kappa shape index (κ3) is 2.94. The molecule has 1 heterocycles. The van der Waals surface area contributed by atoms with E-state index in [0.29, 0.717) is 6.07 Å². The molecule has 9 heteroatoms. The molecule has 0 radical (unpaired) electrons. The molecule has 0 bridgehead atoms. The van der Waals surface area contributed by atoms with E-state index >= 15 is 0 Å². The highest BCUT2D eigenvalue weighted by Gasteiger charge is 2.25. The number of halogens is 2. The molecule has 0 unspecified atom stereocenters. The van der Waals surface area contributed by atoms with Gasteiger partial charge >= 0.3 is 0 Å². The molecule has 0 spiro atoms. The van der Waals surface area contributed by atoms with Gasteiger partial charge in [-0.15, -0.1) is 0 Å². The van der Waals surface area contributed by atoms with Crippen LogP contribution in [0.3, 0.4) is 0 Å². The first-order valence-electron chi connectivity index (χ1n) is 5.69. The maximum Gasteiger partial charge on any atom is 0.257 e. The van der Waals surface area contributed by atoms with E-state index in [2.05, 4.69) is 0 Å². The van der Waals surface area contributed by atoms with Crippen LogP contribution in [0.25, 0.3) is 0 Å². The number of nitrogens with zero attached hydrogens (tertiary/aromatic N) is 1. The highest BCUT2D eigenvalue weighted by molar-refractivity contribution is 7.89. The van der Waals surface area contributed by atoms with Crippen LogP contribution in [-0.4, -0.2) is 45.5 Å². The van der Waals surface area contributed by atoms with Crippen LogP contribution >= 0.6 is 0 Å². The van der Waals surface area contributed by atoms with Crippen LogP contribution in [0, 0.1) is 11.6 Å². The number of carbonyl (C=O) groups excluding carboxylic acids is 1. The van der Waals surface area contributed by atoms with Crippen molar-refractivity contribution in [1.82, 2.24) is 4.90 Å². The van der Waals surface area contributed by atoms with Gasteiger partial charge in [-0.2, -0.15) is 0 Å². The summed E-state index contributed by atoms with van der Waals surface area (Å²) in [5, 5.41) is 4.86. The summed E-state index contributed by atoms with van der Waals surface area (Å²) in [5.74, 6) is -3.63. The Labute approximate surface area is 114 Å². The molecule has 1 fully saturated rings. The highest BCUT2D eigenvalue weighted by Crippen LogP contribution is 2.20. The van der Waals surface area contributed by atoms with Gasteiger partial charge in [0, 0.05) is 13.1 Å². The molecule has 0 aromatic heterocycles. The van der Waals surface area contributed by atoms with Gasteiger partial charge in [-0.05, 0) is 12.1 Å². The van der Waals surface area contributed by atoms with Gasteiger partial charge in [0.2, 0.25) is 10.0 Å². The Morgan fingerprint density at radius 1 is 1.25 bits per heavy atom. The van der Waals surface area contributed by atoms with E-state index in [1.807, 2.05) is 0 Å². The van der Waals surface area contributed by atoms with Gasteiger partial charge in [0.15, 0.2) is 11.6 Å². The van der Waals surface area contributed by atoms with E-state index in [-0.39, 0.29) is 26.3 Å². The average molecular weight is 306 g/mol. The molecular weight excluding hydrogens is 294 g/mol. The van der Waals surface area contributed by atoms with Crippen molar-refractivity contribution < 1.29 is 26.7 Å². The number of hydrogen-bond acceptors (Lipinski definition) is 4. The molecule has 6 nitrogen and oxygen atoms in total. The fourth-order valence-electron chi connectivity index (χ4n) is 1.82. The second-order valence-corrected chi connectivity index (χ2v) is 5.78. The molecule has 0 aliphatic carbocycles. The fourth-order valence-corrected chi connectivity index (χ4v) is 2.37. The molecule has 1 aromatic carbocycles. The number of carbonyl (C=O) groups is 1. The number of rotatable bonds is 2. The van der Waals surface area contributed by atoms with Crippen LogP contribution in [0.2, 0.25) is 0 Å². The number of benzene rings is 1. The first kappa shape index (κ1) is 14.8. The van der Waals surface area contributed by atoms with Crippen LogP contribution < -0.4 is 5.14 Å². The van der Waals surface area contributed by atoms with Crippen molar-refractivity contribution in [2.75, 3.05) is 26.3 Å². The maximum absolute atomic E-state index is 13.7. The molecule has 1 aromatic rings. The Kier molecular flexibility index (Phi) is 4.02. The lowest BCUT2D eigenvalue weighted by molar-refractivity contribution is 0.0299. The van der Waals surface area contributed by atoms with Gasteiger partial charge in [-0.25, -0.2) is 22.3 Å². The van der Waals surface area contributed by atoms with Crippen molar-refractivity contribution in [1.29, 1.82) is 0 Å². The third-order valence-corrected chi connectivity index (χ3v) is 3.75. The molecule has 20 heavy (non-hydrogen) atoms. The number of sulfonamides is 1. The van der Waals surface area contributed by atoms with E-state index < -0.39 is 38.0 Å². The van der Waals surface area contributed by atoms with Gasteiger partial charge in [-0.3, -0.25) is 4.79 Å². The second-order valence-electron chi connectivity index (χ2n) is 4.22. The fraction of sp³-hybridized carbons (Fsp3) is 0.364. The van der Waals surface area contributed by atoms with E-state index in [4.69, 9.17) is 9.88 Å². The summed E-state index contributed by atoms with van der Waals surface area (Å²) in [4.78, 5) is 12.7. The summed E-state index contributed by atoms with van der Waals surface area (Å²) in [6, 6.07) is 1.19. The Morgan fingerprint density at radius 3 is 2.40 bits per heavy atom. The minimum Gasteiger partial charge on any atom is -0.378 e. The molecule has 0 saturated carbocycles.